The van der Waals surface area contributed by atoms with Crippen LogP contribution in [0.3, 0.4) is 0 Å². The van der Waals surface area contributed by atoms with Gasteiger partial charge in [-0.1, -0.05) is 30.3 Å². The predicted molar refractivity (Wildman–Crippen MR) is 113 cm³/mol. The van der Waals surface area contributed by atoms with Gasteiger partial charge in [0, 0.05) is 30.6 Å². The van der Waals surface area contributed by atoms with Crippen molar-refractivity contribution in [2.45, 2.75) is 38.1 Å². The Morgan fingerprint density at radius 2 is 1.69 bits per heavy atom. The van der Waals surface area contributed by atoms with Gasteiger partial charge in [0.1, 0.15) is 22.7 Å². The standard InChI is InChI=1S/C22H22N2O4S/c25-17-7-4-8-18(26)19(17)20(27)16-13-23-21(14-5-2-1-3-6-14)24(22(16)28)15-9-11-29-12-10-15/h1-3,5-6,13,15,27H,4,7-12H2. The molecular formula is C22H22N2O4S. The minimum Gasteiger partial charge on any atom is -0.506 e. The average Bonchev–Trinajstić information content (AvgIpc) is 2.74. The number of aliphatic hydroxyl groups excluding tert-OH is 1. The Hall–Kier alpha value is -2.67. The first-order valence-electron chi connectivity index (χ1n) is 9.82. The van der Waals surface area contributed by atoms with Gasteiger partial charge in [0.05, 0.1) is 0 Å². The number of rotatable bonds is 3. The summed E-state index contributed by atoms with van der Waals surface area (Å²) in [5.41, 5.74) is 0.0631. The predicted octanol–water partition coefficient (Wildman–Crippen LogP) is 3.57. The third-order valence-electron chi connectivity index (χ3n) is 5.44. The summed E-state index contributed by atoms with van der Waals surface area (Å²) in [7, 11) is 0. The van der Waals surface area contributed by atoms with Gasteiger partial charge in [-0.15, -0.1) is 0 Å². The second-order valence-electron chi connectivity index (χ2n) is 7.30. The number of benzene rings is 1. The minimum absolute atomic E-state index is 0.0398. The van der Waals surface area contributed by atoms with Crippen LogP contribution in [0.5, 0.6) is 0 Å². The summed E-state index contributed by atoms with van der Waals surface area (Å²) in [5, 5.41) is 10.7. The van der Waals surface area contributed by atoms with E-state index in [9.17, 15) is 19.5 Å². The van der Waals surface area contributed by atoms with E-state index in [1.807, 2.05) is 42.1 Å². The fourth-order valence-electron chi connectivity index (χ4n) is 3.93. The molecule has 6 nitrogen and oxygen atoms in total. The monoisotopic (exact) mass is 410 g/mol. The highest BCUT2D eigenvalue weighted by Crippen LogP contribution is 2.30. The number of aromatic nitrogens is 2. The number of allylic oxidation sites excluding steroid dienone is 1. The van der Waals surface area contributed by atoms with Crippen molar-refractivity contribution in [1.82, 2.24) is 9.55 Å². The maximum Gasteiger partial charge on any atom is 0.265 e. The number of Topliss-reactive ketones (excluding diaryl/α,β-unsaturated/α-hetero) is 2. The number of aliphatic hydroxyl groups is 1. The van der Waals surface area contributed by atoms with Crippen molar-refractivity contribution in [2.24, 2.45) is 0 Å². The first-order chi connectivity index (χ1) is 14.1. The minimum atomic E-state index is -0.532. The number of ketones is 2. The number of thioether (sulfide) groups is 1. The zero-order valence-electron chi connectivity index (χ0n) is 16.0. The second kappa shape index (κ2) is 8.37. The van der Waals surface area contributed by atoms with Gasteiger partial charge >= 0.3 is 0 Å². The Morgan fingerprint density at radius 3 is 2.34 bits per heavy atom. The van der Waals surface area contributed by atoms with Crippen LogP contribution in [0.2, 0.25) is 0 Å². The van der Waals surface area contributed by atoms with E-state index in [1.54, 1.807) is 4.57 Å². The molecule has 1 aliphatic carbocycles. The molecule has 1 aromatic heterocycles. The second-order valence-corrected chi connectivity index (χ2v) is 8.53. The third kappa shape index (κ3) is 3.79. The van der Waals surface area contributed by atoms with Crippen LogP contribution >= 0.6 is 11.8 Å². The fraction of sp³-hybridized carbons (Fsp3) is 0.364. The van der Waals surface area contributed by atoms with Crippen LogP contribution in [0.15, 0.2) is 46.9 Å². The molecule has 1 aromatic carbocycles. The normalized spacial score (nSPS) is 18.1. The average molecular weight is 410 g/mol. The van der Waals surface area contributed by atoms with Gasteiger partial charge in [-0.3, -0.25) is 19.0 Å². The molecule has 2 fully saturated rings. The lowest BCUT2D eigenvalue weighted by atomic mass is 9.90. The van der Waals surface area contributed by atoms with Gasteiger partial charge in [-0.25, -0.2) is 4.98 Å². The maximum absolute atomic E-state index is 13.5. The largest absolute Gasteiger partial charge is 0.506 e. The Morgan fingerprint density at radius 1 is 1.03 bits per heavy atom. The van der Waals surface area contributed by atoms with Gasteiger partial charge in [0.2, 0.25) is 0 Å². The topological polar surface area (TPSA) is 89.3 Å². The number of hydrogen-bond donors (Lipinski definition) is 1. The van der Waals surface area contributed by atoms with Crippen LogP contribution in [0.25, 0.3) is 17.1 Å². The fourth-order valence-corrected chi connectivity index (χ4v) is 5.01. The molecule has 4 rings (SSSR count). The van der Waals surface area contributed by atoms with Crippen molar-refractivity contribution in [2.75, 3.05) is 11.5 Å². The van der Waals surface area contributed by atoms with Gasteiger partial charge in [0.15, 0.2) is 11.6 Å². The number of hydrogen-bond acceptors (Lipinski definition) is 6. The summed E-state index contributed by atoms with van der Waals surface area (Å²) in [4.78, 5) is 42.4. The molecule has 150 valence electrons. The number of carbonyl (C=O) groups excluding carboxylic acids is 2. The summed E-state index contributed by atoms with van der Waals surface area (Å²) in [5.74, 6) is 1.07. The van der Waals surface area contributed by atoms with Crippen LogP contribution in [0.4, 0.5) is 0 Å². The van der Waals surface area contributed by atoms with Gasteiger partial charge < -0.3 is 5.11 Å². The molecule has 1 saturated carbocycles. The molecule has 29 heavy (non-hydrogen) atoms. The molecule has 7 heteroatoms. The third-order valence-corrected chi connectivity index (χ3v) is 6.49. The van der Waals surface area contributed by atoms with Crippen LogP contribution in [-0.2, 0) is 9.59 Å². The highest BCUT2D eigenvalue weighted by atomic mass is 32.2. The molecule has 2 aromatic rings. The summed E-state index contributed by atoms with van der Waals surface area (Å²) in [6, 6.07) is 9.41. The maximum atomic E-state index is 13.5. The lowest BCUT2D eigenvalue weighted by Crippen LogP contribution is -2.32. The molecule has 0 spiro atoms. The van der Waals surface area contributed by atoms with Gasteiger partial charge in [0.25, 0.3) is 5.56 Å². The Bertz CT molecular complexity index is 1020. The summed E-state index contributed by atoms with van der Waals surface area (Å²) in [6.07, 6.45) is 3.82. The van der Waals surface area contributed by atoms with E-state index in [1.165, 1.54) is 6.20 Å². The van der Waals surface area contributed by atoms with Crippen LogP contribution in [0, 0.1) is 0 Å². The van der Waals surface area contributed by atoms with Crippen LogP contribution in [-0.4, -0.2) is 37.7 Å². The smallest absolute Gasteiger partial charge is 0.265 e. The molecule has 1 N–H and O–H groups in total. The highest BCUT2D eigenvalue weighted by Gasteiger charge is 2.30. The van der Waals surface area contributed by atoms with Crippen LogP contribution in [0.1, 0.15) is 43.7 Å². The van der Waals surface area contributed by atoms with Crippen molar-refractivity contribution in [1.29, 1.82) is 0 Å². The van der Waals surface area contributed by atoms with Crippen molar-refractivity contribution in [3.05, 3.63) is 58.0 Å². The van der Waals surface area contributed by atoms with Gasteiger partial charge in [-0.05, 0) is 30.8 Å². The Kier molecular flexibility index (Phi) is 5.67. The quantitative estimate of drug-likeness (QED) is 0.473. The van der Waals surface area contributed by atoms with Gasteiger partial charge in [-0.2, -0.15) is 11.8 Å². The van der Waals surface area contributed by atoms with E-state index >= 15 is 0 Å². The van der Waals surface area contributed by atoms with Crippen molar-refractivity contribution in [3.8, 4) is 11.4 Å². The van der Waals surface area contributed by atoms with E-state index < -0.39 is 22.9 Å². The van der Waals surface area contributed by atoms with E-state index in [4.69, 9.17) is 0 Å². The summed E-state index contributed by atoms with van der Waals surface area (Å²) in [6.45, 7) is 0. The molecule has 0 radical (unpaired) electrons. The molecule has 0 unspecified atom stereocenters. The first-order valence-corrected chi connectivity index (χ1v) is 11.0. The lowest BCUT2D eigenvalue weighted by Gasteiger charge is -2.26. The molecular weight excluding hydrogens is 388 g/mol. The van der Waals surface area contributed by atoms with E-state index in [0.29, 0.717) is 12.2 Å². The summed E-state index contributed by atoms with van der Waals surface area (Å²) >= 11 is 1.85. The molecule has 0 amide bonds. The molecule has 2 heterocycles. The zero-order chi connectivity index (χ0) is 20.4. The Balaban J connectivity index is 1.90. The van der Waals surface area contributed by atoms with Crippen molar-refractivity contribution in [3.63, 3.8) is 0 Å². The molecule has 1 aliphatic heterocycles. The summed E-state index contributed by atoms with van der Waals surface area (Å²) < 4.78 is 1.64. The molecule has 1 saturated heterocycles. The van der Waals surface area contributed by atoms with Crippen molar-refractivity contribution < 1.29 is 14.7 Å². The molecule has 0 bridgehead atoms. The van der Waals surface area contributed by atoms with E-state index in [2.05, 4.69) is 4.98 Å². The van der Waals surface area contributed by atoms with E-state index in [-0.39, 0.29) is 30.0 Å². The zero-order valence-corrected chi connectivity index (χ0v) is 16.8. The molecule has 2 aliphatic rings. The SMILES string of the molecule is O=C1CCCC(=O)C1=C(O)c1cnc(-c2ccccc2)n(C2CCSCC2)c1=O. The Labute approximate surface area is 172 Å². The number of nitrogens with zero attached hydrogens (tertiary/aromatic N) is 2. The van der Waals surface area contributed by atoms with Crippen LogP contribution < -0.4 is 5.56 Å². The number of carbonyl (C=O) groups is 2. The highest BCUT2D eigenvalue weighted by molar-refractivity contribution is 7.99. The lowest BCUT2D eigenvalue weighted by molar-refractivity contribution is -0.123. The first kappa shape index (κ1) is 19.6. The van der Waals surface area contributed by atoms with E-state index in [0.717, 1.165) is 29.9 Å². The van der Waals surface area contributed by atoms with Crippen molar-refractivity contribution >= 4 is 29.1 Å². The molecule has 0 atom stereocenters.